The van der Waals surface area contributed by atoms with E-state index in [4.69, 9.17) is 9.15 Å². The molecule has 0 spiro atoms. The Kier molecular flexibility index (Phi) is 7.37. The predicted molar refractivity (Wildman–Crippen MR) is 117 cm³/mol. The van der Waals surface area contributed by atoms with Crippen LogP contribution in [0.1, 0.15) is 6.42 Å². The molecule has 0 aliphatic rings. The number of aliphatic hydroxyl groups excluding tert-OH is 1. The van der Waals surface area contributed by atoms with E-state index in [1.54, 1.807) is 11.8 Å². The highest BCUT2D eigenvalue weighted by Crippen LogP contribution is 2.31. The number of fused-ring (bicyclic) bond motifs is 1. The number of ether oxygens (including phenoxy) is 1. The largest absolute Gasteiger partial charge is 0.507 e. The van der Waals surface area contributed by atoms with Gasteiger partial charge >= 0.3 is 0 Å². The Labute approximate surface area is 177 Å². The first-order valence-corrected chi connectivity index (χ1v) is 10.8. The van der Waals surface area contributed by atoms with E-state index in [-0.39, 0.29) is 47.2 Å². The first-order chi connectivity index (χ1) is 14.5. The summed E-state index contributed by atoms with van der Waals surface area (Å²) < 4.78 is 11.3. The van der Waals surface area contributed by atoms with Gasteiger partial charge in [0.1, 0.15) is 28.2 Å². The third kappa shape index (κ3) is 5.34. The van der Waals surface area contributed by atoms with Crippen molar-refractivity contribution in [3.05, 3.63) is 58.8 Å². The third-order valence-corrected chi connectivity index (χ3v) is 5.11. The van der Waals surface area contributed by atoms with E-state index in [1.165, 1.54) is 18.2 Å². The SMILES string of the molecule is CSCCC(CO)NC(=O)COc1cc(O)c2c(=O)cc(-c3ccccc3)oc2c1. The molecule has 0 saturated carbocycles. The van der Waals surface area contributed by atoms with Crippen LogP contribution in [0.25, 0.3) is 22.3 Å². The molecule has 0 bridgehead atoms. The van der Waals surface area contributed by atoms with E-state index in [0.29, 0.717) is 12.2 Å². The van der Waals surface area contributed by atoms with Crippen LogP contribution in [0.15, 0.2) is 57.7 Å². The number of carbonyl (C=O) groups excluding carboxylic acids is 1. The molecule has 3 rings (SSSR count). The van der Waals surface area contributed by atoms with Crippen LogP contribution in [0, 0.1) is 0 Å². The number of benzene rings is 2. The topological polar surface area (TPSA) is 109 Å². The molecule has 0 fully saturated rings. The summed E-state index contributed by atoms with van der Waals surface area (Å²) in [6.07, 6.45) is 2.60. The van der Waals surface area contributed by atoms with Crippen LogP contribution in [0.4, 0.5) is 0 Å². The summed E-state index contributed by atoms with van der Waals surface area (Å²) >= 11 is 1.63. The Morgan fingerprint density at radius 2 is 2.00 bits per heavy atom. The molecule has 1 heterocycles. The van der Waals surface area contributed by atoms with Crippen molar-refractivity contribution in [3.63, 3.8) is 0 Å². The van der Waals surface area contributed by atoms with Gasteiger partial charge in [-0.3, -0.25) is 9.59 Å². The second-order valence-electron chi connectivity index (χ2n) is 6.67. The van der Waals surface area contributed by atoms with Crippen LogP contribution in [0.3, 0.4) is 0 Å². The number of phenolic OH excluding ortho intramolecular Hbond substituents is 1. The van der Waals surface area contributed by atoms with Gasteiger partial charge < -0.3 is 24.7 Å². The molecule has 1 atom stereocenters. The Balaban J connectivity index is 1.78. The van der Waals surface area contributed by atoms with Gasteiger partial charge in [0.15, 0.2) is 12.0 Å². The number of hydrogen-bond acceptors (Lipinski definition) is 7. The molecule has 1 aromatic heterocycles. The lowest BCUT2D eigenvalue weighted by molar-refractivity contribution is -0.124. The zero-order valence-corrected chi connectivity index (χ0v) is 17.3. The van der Waals surface area contributed by atoms with Crippen LogP contribution in [0.2, 0.25) is 0 Å². The maximum Gasteiger partial charge on any atom is 0.258 e. The highest BCUT2D eigenvalue weighted by atomic mass is 32.2. The van der Waals surface area contributed by atoms with Gasteiger partial charge in [-0.05, 0) is 18.4 Å². The van der Waals surface area contributed by atoms with Gasteiger partial charge in [0.2, 0.25) is 0 Å². The van der Waals surface area contributed by atoms with Gasteiger partial charge in [0.05, 0.1) is 12.6 Å². The minimum absolute atomic E-state index is 0.0453. The molecule has 2 aromatic carbocycles. The lowest BCUT2D eigenvalue weighted by Gasteiger charge is -2.16. The lowest BCUT2D eigenvalue weighted by atomic mass is 10.1. The number of amides is 1. The number of aromatic hydroxyl groups is 1. The fraction of sp³-hybridized carbons (Fsp3) is 0.273. The number of aliphatic hydroxyl groups is 1. The summed E-state index contributed by atoms with van der Waals surface area (Å²) in [5, 5.41) is 22.4. The van der Waals surface area contributed by atoms with E-state index >= 15 is 0 Å². The third-order valence-electron chi connectivity index (χ3n) is 4.47. The molecule has 3 N–H and O–H groups in total. The smallest absolute Gasteiger partial charge is 0.258 e. The van der Waals surface area contributed by atoms with Gasteiger partial charge in [0, 0.05) is 23.8 Å². The van der Waals surface area contributed by atoms with Crippen LogP contribution in [-0.2, 0) is 4.79 Å². The highest BCUT2D eigenvalue weighted by Gasteiger charge is 2.15. The van der Waals surface area contributed by atoms with Crippen LogP contribution in [-0.4, -0.2) is 47.4 Å². The summed E-state index contributed by atoms with van der Waals surface area (Å²) in [5.74, 6) is 0.682. The lowest BCUT2D eigenvalue weighted by Crippen LogP contribution is -2.40. The van der Waals surface area contributed by atoms with Gasteiger partial charge in [0.25, 0.3) is 5.91 Å². The molecule has 3 aromatic rings. The number of hydrogen-bond donors (Lipinski definition) is 3. The van der Waals surface area contributed by atoms with Crippen LogP contribution < -0.4 is 15.5 Å². The van der Waals surface area contributed by atoms with E-state index in [2.05, 4.69) is 5.32 Å². The number of phenols is 1. The highest BCUT2D eigenvalue weighted by molar-refractivity contribution is 7.98. The minimum atomic E-state index is -0.394. The molecule has 0 aliphatic carbocycles. The quantitative estimate of drug-likeness (QED) is 0.480. The number of carbonyl (C=O) groups is 1. The molecule has 0 aliphatic heterocycles. The first-order valence-electron chi connectivity index (χ1n) is 9.40. The zero-order valence-electron chi connectivity index (χ0n) is 16.5. The van der Waals surface area contributed by atoms with Gasteiger partial charge in [-0.1, -0.05) is 30.3 Å². The summed E-state index contributed by atoms with van der Waals surface area (Å²) in [6.45, 7) is -0.459. The van der Waals surface area contributed by atoms with Crippen LogP contribution >= 0.6 is 11.8 Å². The summed E-state index contributed by atoms with van der Waals surface area (Å²) in [5.41, 5.74) is 0.503. The van der Waals surface area contributed by atoms with Crippen molar-refractivity contribution >= 4 is 28.6 Å². The van der Waals surface area contributed by atoms with Crippen molar-refractivity contribution < 1.29 is 24.2 Å². The van der Waals surface area contributed by atoms with Gasteiger partial charge in [-0.25, -0.2) is 0 Å². The van der Waals surface area contributed by atoms with Crippen molar-refractivity contribution in [1.29, 1.82) is 0 Å². The Morgan fingerprint density at radius 3 is 2.70 bits per heavy atom. The Bertz CT molecular complexity index is 1070. The molecule has 0 saturated heterocycles. The minimum Gasteiger partial charge on any atom is -0.507 e. The van der Waals surface area contributed by atoms with E-state index < -0.39 is 5.91 Å². The van der Waals surface area contributed by atoms with Gasteiger partial charge in [-0.15, -0.1) is 0 Å². The summed E-state index contributed by atoms with van der Waals surface area (Å²) in [6, 6.07) is 12.8. The van der Waals surface area contributed by atoms with Crippen molar-refractivity contribution in [1.82, 2.24) is 5.32 Å². The zero-order chi connectivity index (χ0) is 21.5. The molecule has 1 amide bonds. The van der Waals surface area contributed by atoms with Crippen molar-refractivity contribution in [2.75, 3.05) is 25.2 Å². The van der Waals surface area contributed by atoms with E-state index in [0.717, 1.165) is 11.3 Å². The van der Waals surface area contributed by atoms with Crippen molar-refractivity contribution in [2.45, 2.75) is 12.5 Å². The number of rotatable bonds is 9. The Morgan fingerprint density at radius 1 is 1.23 bits per heavy atom. The molecular weight excluding hydrogens is 406 g/mol. The van der Waals surface area contributed by atoms with Crippen molar-refractivity contribution in [2.24, 2.45) is 0 Å². The molecule has 30 heavy (non-hydrogen) atoms. The monoisotopic (exact) mass is 429 g/mol. The fourth-order valence-electron chi connectivity index (χ4n) is 2.96. The maximum absolute atomic E-state index is 12.5. The predicted octanol–water partition coefficient (Wildman–Crippen LogP) is 2.77. The fourth-order valence-corrected chi connectivity index (χ4v) is 3.48. The van der Waals surface area contributed by atoms with Gasteiger partial charge in [-0.2, -0.15) is 11.8 Å². The second-order valence-corrected chi connectivity index (χ2v) is 7.66. The average Bonchev–Trinajstić information content (AvgIpc) is 2.75. The van der Waals surface area contributed by atoms with Crippen molar-refractivity contribution in [3.8, 4) is 22.8 Å². The molecule has 0 radical (unpaired) electrons. The molecule has 8 heteroatoms. The Hall–Kier alpha value is -2.97. The summed E-state index contributed by atoms with van der Waals surface area (Å²) in [4.78, 5) is 24.6. The van der Waals surface area contributed by atoms with Crippen LogP contribution in [0.5, 0.6) is 11.5 Å². The first kappa shape index (κ1) is 21.7. The molecule has 158 valence electrons. The van der Waals surface area contributed by atoms with E-state index in [9.17, 15) is 19.8 Å². The molecule has 1 unspecified atom stereocenters. The molecule has 7 nitrogen and oxygen atoms in total. The second kappa shape index (κ2) is 10.2. The van der Waals surface area contributed by atoms with E-state index in [1.807, 2.05) is 36.6 Å². The normalized spacial score (nSPS) is 11.9. The average molecular weight is 429 g/mol. The number of nitrogens with one attached hydrogen (secondary N) is 1. The standard InChI is InChI=1S/C22H23NO6S/c1-30-8-7-15(12-24)23-21(27)13-28-16-9-17(25)22-18(26)11-19(29-20(22)10-16)14-5-3-2-4-6-14/h2-6,9-11,15,24-25H,7-8,12-13H2,1H3,(H,23,27). The maximum atomic E-state index is 12.5. The molecular formula is C22H23NO6S. The number of thioether (sulfide) groups is 1. The summed E-state index contributed by atoms with van der Waals surface area (Å²) in [7, 11) is 0.